The molecule has 1 N–H and O–H groups in total. The molecule has 1 unspecified atom stereocenters. The second-order valence-electron chi connectivity index (χ2n) is 6.57. The number of rotatable bonds is 6. The summed E-state index contributed by atoms with van der Waals surface area (Å²) < 4.78 is 7.20. The third kappa shape index (κ3) is 3.31. The van der Waals surface area contributed by atoms with E-state index in [-0.39, 0.29) is 11.0 Å². The van der Waals surface area contributed by atoms with E-state index in [0.29, 0.717) is 0 Å². The number of carbonyl (C=O) groups is 1. The molecule has 2 aromatic heterocycles. The first-order valence-corrected chi connectivity index (χ1v) is 9.92. The molecular formula is C22H21N3O2S. The number of hydrogen-bond acceptors (Lipinski definition) is 4. The molecule has 0 saturated heterocycles. The number of benzene rings is 2. The van der Waals surface area contributed by atoms with E-state index in [1.165, 1.54) is 11.8 Å². The van der Waals surface area contributed by atoms with Crippen molar-refractivity contribution in [2.75, 3.05) is 7.11 Å². The van der Waals surface area contributed by atoms with Gasteiger partial charge in [-0.05, 0) is 44.2 Å². The van der Waals surface area contributed by atoms with Crippen LogP contribution in [0.4, 0.5) is 0 Å². The highest BCUT2D eigenvalue weighted by Gasteiger charge is 2.23. The maximum Gasteiger partial charge on any atom is 0.178 e. The number of Topliss-reactive ketones (excluding diaryl/α,β-unsaturated/α-hetero) is 1. The molecular weight excluding hydrogens is 370 g/mol. The molecule has 0 saturated carbocycles. The van der Waals surface area contributed by atoms with Gasteiger partial charge in [0.1, 0.15) is 5.75 Å². The molecule has 0 aliphatic heterocycles. The fraction of sp³-hybridized carbons (Fsp3) is 0.182. The lowest BCUT2D eigenvalue weighted by atomic mass is 10.1. The molecule has 1 atom stereocenters. The van der Waals surface area contributed by atoms with Gasteiger partial charge < -0.3 is 9.72 Å². The molecule has 5 nitrogen and oxygen atoms in total. The second kappa shape index (κ2) is 7.56. The first-order valence-electron chi connectivity index (χ1n) is 9.04. The van der Waals surface area contributed by atoms with Crippen LogP contribution in [0.1, 0.15) is 23.0 Å². The largest absolute Gasteiger partial charge is 0.497 e. The number of nitrogens with zero attached hydrogens (tertiary/aromatic N) is 2. The summed E-state index contributed by atoms with van der Waals surface area (Å²) in [6, 6.07) is 15.7. The van der Waals surface area contributed by atoms with Crippen molar-refractivity contribution in [2.45, 2.75) is 24.3 Å². The number of ketones is 1. The van der Waals surface area contributed by atoms with E-state index in [2.05, 4.69) is 9.97 Å². The van der Waals surface area contributed by atoms with Crippen LogP contribution in [0, 0.1) is 6.92 Å². The number of methoxy groups -OCH3 is 1. The molecule has 28 heavy (non-hydrogen) atoms. The highest BCUT2D eigenvalue weighted by atomic mass is 32.2. The van der Waals surface area contributed by atoms with Gasteiger partial charge in [0.15, 0.2) is 10.9 Å². The van der Waals surface area contributed by atoms with Gasteiger partial charge in [0.25, 0.3) is 0 Å². The van der Waals surface area contributed by atoms with Crippen molar-refractivity contribution in [3.63, 3.8) is 0 Å². The van der Waals surface area contributed by atoms with Crippen molar-refractivity contribution in [3.05, 3.63) is 72.2 Å². The Bertz CT molecular complexity index is 1130. The van der Waals surface area contributed by atoms with Crippen LogP contribution in [0.2, 0.25) is 0 Å². The third-order valence-electron chi connectivity index (χ3n) is 4.75. The minimum atomic E-state index is -0.266. The lowest BCUT2D eigenvalue weighted by Crippen LogP contribution is -2.15. The van der Waals surface area contributed by atoms with Gasteiger partial charge in [-0.15, -0.1) is 0 Å². The Morgan fingerprint density at radius 2 is 1.93 bits per heavy atom. The lowest BCUT2D eigenvalue weighted by Gasteiger charge is -2.13. The molecule has 0 aliphatic carbocycles. The summed E-state index contributed by atoms with van der Waals surface area (Å²) in [5.41, 5.74) is 3.62. The van der Waals surface area contributed by atoms with Crippen LogP contribution in [0.3, 0.4) is 0 Å². The number of aromatic amines is 1. The van der Waals surface area contributed by atoms with Crippen LogP contribution in [0.15, 0.2) is 66.1 Å². The fourth-order valence-electron chi connectivity index (χ4n) is 3.33. The van der Waals surface area contributed by atoms with Crippen LogP contribution in [-0.2, 0) is 0 Å². The summed E-state index contributed by atoms with van der Waals surface area (Å²) in [6.45, 7) is 3.88. The average Bonchev–Trinajstić information content (AvgIpc) is 3.30. The molecule has 0 aliphatic rings. The van der Waals surface area contributed by atoms with E-state index in [9.17, 15) is 4.79 Å². The van der Waals surface area contributed by atoms with E-state index < -0.39 is 0 Å². The number of H-pyrrole nitrogens is 1. The number of fused-ring (bicyclic) bond motifs is 1. The van der Waals surface area contributed by atoms with E-state index >= 15 is 0 Å². The third-order valence-corrected chi connectivity index (χ3v) is 5.83. The first-order chi connectivity index (χ1) is 13.6. The highest BCUT2D eigenvalue weighted by molar-refractivity contribution is 8.00. The van der Waals surface area contributed by atoms with Crippen molar-refractivity contribution < 1.29 is 9.53 Å². The number of carbonyl (C=O) groups excluding carboxylic acids is 1. The summed E-state index contributed by atoms with van der Waals surface area (Å²) in [5.74, 6) is 0.903. The van der Waals surface area contributed by atoms with E-state index in [1.807, 2.05) is 73.1 Å². The maximum absolute atomic E-state index is 13.2. The van der Waals surface area contributed by atoms with Gasteiger partial charge in [-0.3, -0.25) is 9.36 Å². The molecule has 4 aromatic rings. The average molecular weight is 391 g/mol. The Labute approximate surface area is 167 Å². The summed E-state index contributed by atoms with van der Waals surface area (Å²) in [6.07, 6.45) is 3.65. The Morgan fingerprint density at radius 1 is 1.18 bits per heavy atom. The van der Waals surface area contributed by atoms with E-state index in [0.717, 1.165) is 38.8 Å². The fourth-order valence-corrected chi connectivity index (χ4v) is 4.27. The number of hydrogen-bond donors (Lipinski definition) is 1. The molecule has 0 bridgehead atoms. The van der Waals surface area contributed by atoms with Gasteiger partial charge in [-0.2, -0.15) is 0 Å². The second-order valence-corrected chi connectivity index (χ2v) is 7.88. The van der Waals surface area contributed by atoms with Crippen LogP contribution in [-0.4, -0.2) is 32.7 Å². The molecule has 2 heterocycles. The predicted octanol–water partition coefficient (Wildman–Crippen LogP) is 5.03. The molecule has 4 rings (SSSR count). The monoisotopic (exact) mass is 391 g/mol. The first kappa shape index (κ1) is 18.4. The van der Waals surface area contributed by atoms with Crippen LogP contribution in [0.5, 0.6) is 5.75 Å². The zero-order valence-electron chi connectivity index (χ0n) is 16.0. The number of para-hydroxylation sites is 1. The molecule has 2 aromatic carbocycles. The smallest absolute Gasteiger partial charge is 0.178 e. The number of imidazole rings is 1. The quantitative estimate of drug-likeness (QED) is 0.370. The Hall–Kier alpha value is -2.99. The molecule has 0 fully saturated rings. The van der Waals surface area contributed by atoms with Crippen molar-refractivity contribution in [1.29, 1.82) is 0 Å². The van der Waals surface area contributed by atoms with E-state index in [1.54, 1.807) is 13.3 Å². The molecule has 0 radical (unpaired) electrons. The molecule has 142 valence electrons. The number of nitrogens with one attached hydrogen (secondary N) is 1. The van der Waals surface area contributed by atoms with Crippen molar-refractivity contribution in [3.8, 4) is 11.4 Å². The van der Waals surface area contributed by atoms with Gasteiger partial charge in [0.05, 0.1) is 12.4 Å². The highest BCUT2D eigenvalue weighted by Crippen LogP contribution is 2.30. The Balaban J connectivity index is 1.60. The molecule has 0 spiro atoms. The van der Waals surface area contributed by atoms with Gasteiger partial charge in [-0.25, -0.2) is 4.98 Å². The van der Waals surface area contributed by atoms with Crippen LogP contribution < -0.4 is 4.74 Å². The van der Waals surface area contributed by atoms with E-state index in [4.69, 9.17) is 4.74 Å². The topological polar surface area (TPSA) is 59.9 Å². The zero-order chi connectivity index (χ0) is 19.7. The zero-order valence-corrected chi connectivity index (χ0v) is 16.8. The van der Waals surface area contributed by atoms with Crippen molar-refractivity contribution in [2.24, 2.45) is 0 Å². The molecule has 0 amide bonds. The Morgan fingerprint density at radius 3 is 2.68 bits per heavy atom. The van der Waals surface area contributed by atoms with Gasteiger partial charge in [0.2, 0.25) is 0 Å². The maximum atomic E-state index is 13.2. The number of thioether (sulfide) groups is 1. The van der Waals surface area contributed by atoms with Gasteiger partial charge in [0, 0.05) is 40.2 Å². The summed E-state index contributed by atoms with van der Waals surface area (Å²) >= 11 is 1.46. The summed E-state index contributed by atoms with van der Waals surface area (Å²) in [7, 11) is 1.65. The van der Waals surface area contributed by atoms with Crippen molar-refractivity contribution in [1.82, 2.24) is 14.5 Å². The van der Waals surface area contributed by atoms with Gasteiger partial charge in [-0.1, -0.05) is 30.0 Å². The van der Waals surface area contributed by atoms with Crippen LogP contribution >= 0.6 is 11.8 Å². The van der Waals surface area contributed by atoms with Gasteiger partial charge >= 0.3 is 0 Å². The minimum absolute atomic E-state index is 0.101. The molecule has 6 heteroatoms. The number of ether oxygens (including phenoxy) is 1. The standard InChI is InChI=1S/C22H21N3O2S/c1-14-20(18-6-4-5-7-19(18)24-14)21(26)15(2)28-22-23-12-13-25(22)16-8-10-17(27-3)11-9-16/h4-13,15,24H,1-3H3. The number of aromatic nitrogens is 3. The van der Waals surface area contributed by atoms with Crippen LogP contribution in [0.25, 0.3) is 16.6 Å². The number of aryl methyl sites for hydroxylation is 1. The summed E-state index contributed by atoms with van der Waals surface area (Å²) in [4.78, 5) is 21.0. The lowest BCUT2D eigenvalue weighted by molar-refractivity contribution is 0.0995. The SMILES string of the molecule is COc1ccc(-n2ccnc2SC(C)C(=O)c2c(C)[nH]c3ccccc23)cc1. The van der Waals surface area contributed by atoms with Crippen molar-refractivity contribution >= 4 is 28.4 Å². The normalized spacial score (nSPS) is 12.2. The summed E-state index contributed by atoms with van der Waals surface area (Å²) in [5, 5.41) is 1.48. The predicted molar refractivity (Wildman–Crippen MR) is 113 cm³/mol. The minimum Gasteiger partial charge on any atom is -0.497 e. The Kier molecular flexibility index (Phi) is 4.96.